The van der Waals surface area contributed by atoms with Gasteiger partial charge in [0.05, 0.1) is 30.8 Å². The van der Waals surface area contributed by atoms with E-state index in [1.807, 2.05) is 24.3 Å². The number of nitrogens with one attached hydrogen (secondary N) is 2. The van der Waals surface area contributed by atoms with Crippen LogP contribution in [0.3, 0.4) is 0 Å². The number of esters is 1. The van der Waals surface area contributed by atoms with E-state index in [0.29, 0.717) is 11.5 Å². The van der Waals surface area contributed by atoms with Gasteiger partial charge in [0.2, 0.25) is 0 Å². The molecule has 28 heavy (non-hydrogen) atoms. The fourth-order valence-corrected chi connectivity index (χ4v) is 2.55. The molecule has 0 unspecified atom stereocenters. The number of carbonyl (C=O) groups is 2. The summed E-state index contributed by atoms with van der Waals surface area (Å²) in [5, 5.41) is 5.80. The maximum atomic E-state index is 12.4. The second-order valence-electron chi connectivity index (χ2n) is 5.95. The summed E-state index contributed by atoms with van der Waals surface area (Å²) in [4.78, 5) is 32.6. The molecule has 7 nitrogen and oxygen atoms in total. The molecule has 1 amide bonds. The Morgan fingerprint density at radius 3 is 2.39 bits per heavy atom. The fourth-order valence-electron chi connectivity index (χ4n) is 2.55. The van der Waals surface area contributed by atoms with Crippen LogP contribution < -0.4 is 10.6 Å². The zero-order valence-corrected chi connectivity index (χ0v) is 15.6. The lowest BCUT2D eigenvalue weighted by Gasteiger charge is -2.10. The highest BCUT2D eigenvalue weighted by Gasteiger charge is 2.15. The Hall–Kier alpha value is -3.74. The summed E-state index contributed by atoms with van der Waals surface area (Å²) in [7, 11) is 1.29. The van der Waals surface area contributed by atoms with Crippen LogP contribution in [0.2, 0.25) is 0 Å². The van der Waals surface area contributed by atoms with Crippen molar-refractivity contribution in [3.05, 3.63) is 77.7 Å². The van der Waals surface area contributed by atoms with Crippen LogP contribution in [0, 0.1) is 0 Å². The number of amides is 1. The molecule has 0 aliphatic carbocycles. The van der Waals surface area contributed by atoms with E-state index in [-0.39, 0.29) is 11.3 Å². The Labute approximate surface area is 162 Å². The first-order chi connectivity index (χ1) is 13.6. The Balaban J connectivity index is 1.69. The highest BCUT2D eigenvalue weighted by molar-refractivity contribution is 6.06. The Kier molecular flexibility index (Phi) is 5.96. The number of aryl methyl sites for hydroxylation is 1. The van der Waals surface area contributed by atoms with Gasteiger partial charge in [0, 0.05) is 5.69 Å². The molecule has 7 heteroatoms. The second kappa shape index (κ2) is 8.77. The largest absolute Gasteiger partial charge is 0.465 e. The predicted molar refractivity (Wildman–Crippen MR) is 107 cm³/mol. The van der Waals surface area contributed by atoms with E-state index in [1.165, 1.54) is 25.1 Å². The number of aromatic nitrogens is 2. The van der Waals surface area contributed by atoms with Gasteiger partial charge in [0.25, 0.3) is 5.91 Å². The molecule has 0 saturated heterocycles. The summed E-state index contributed by atoms with van der Waals surface area (Å²) in [6.45, 7) is 2.10. The zero-order valence-electron chi connectivity index (χ0n) is 15.6. The van der Waals surface area contributed by atoms with Gasteiger partial charge in [-0.15, -0.1) is 0 Å². The second-order valence-corrected chi connectivity index (χ2v) is 5.95. The van der Waals surface area contributed by atoms with Gasteiger partial charge in [-0.3, -0.25) is 4.79 Å². The average Bonchev–Trinajstić information content (AvgIpc) is 2.74. The number of anilines is 3. The molecule has 1 aromatic heterocycles. The van der Waals surface area contributed by atoms with Gasteiger partial charge >= 0.3 is 5.97 Å². The van der Waals surface area contributed by atoms with E-state index in [9.17, 15) is 9.59 Å². The standard InChI is InChI=1S/C21H20N4O3/c1-3-14-8-10-15(11-9-14)24-19-13-22-18(12-23-19)20(26)25-17-7-5-4-6-16(17)21(27)28-2/h4-13H,3H2,1-2H3,(H,23,24)(H,25,26). The minimum absolute atomic E-state index is 0.131. The molecule has 0 bridgehead atoms. The van der Waals surface area contributed by atoms with Gasteiger partial charge in [-0.25, -0.2) is 14.8 Å². The fraction of sp³-hybridized carbons (Fsp3) is 0.143. The molecule has 0 aliphatic rings. The van der Waals surface area contributed by atoms with Crippen LogP contribution in [0.4, 0.5) is 17.2 Å². The third-order valence-electron chi connectivity index (χ3n) is 4.10. The molecule has 3 aromatic rings. The first-order valence-electron chi connectivity index (χ1n) is 8.77. The van der Waals surface area contributed by atoms with Crippen LogP contribution in [0.15, 0.2) is 60.9 Å². The lowest BCUT2D eigenvalue weighted by Crippen LogP contribution is -2.17. The van der Waals surface area contributed by atoms with Crippen LogP contribution in [-0.4, -0.2) is 29.0 Å². The van der Waals surface area contributed by atoms with Crippen molar-refractivity contribution in [2.45, 2.75) is 13.3 Å². The molecular formula is C21H20N4O3. The van der Waals surface area contributed by atoms with Crippen molar-refractivity contribution in [2.75, 3.05) is 17.7 Å². The molecule has 0 fully saturated rings. The number of carbonyl (C=O) groups excluding carboxylic acids is 2. The summed E-state index contributed by atoms with van der Waals surface area (Å²) >= 11 is 0. The molecule has 2 aromatic carbocycles. The monoisotopic (exact) mass is 376 g/mol. The number of hydrogen-bond donors (Lipinski definition) is 2. The highest BCUT2D eigenvalue weighted by atomic mass is 16.5. The van der Waals surface area contributed by atoms with Gasteiger partial charge in [-0.05, 0) is 36.2 Å². The lowest BCUT2D eigenvalue weighted by molar-refractivity contribution is 0.0602. The normalized spacial score (nSPS) is 10.2. The summed E-state index contributed by atoms with van der Waals surface area (Å²) in [5.41, 5.74) is 2.87. The van der Waals surface area contributed by atoms with Crippen molar-refractivity contribution in [3.8, 4) is 0 Å². The Morgan fingerprint density at radius 2 is 1.75 bits per heavy atom. The zero-order chi connectivity index (χ0) is 19.9. The number of ether oxygens (including phenoxy) is 1. The average molecular weight is 376 g/mol. The van der Waals surface area contributed by atoms with E-state index in [2.05, 4.69) is 27.5 Å². The first kappa shape index (κ1) is 19.0. The van der Waals surface area contributed by atoms with Crippen molar-refractivity contribution in [1.29, 1.82) is 0 Å². The number of hydrogen-bond acceptors (Lipinski definition) is 6. The van der Waals surface area contributed by atoms with Crippen molar-refractivity contribution < 1.29 is 14.3 Å². The quantitative estimate of drug-likeness (QED) is 0.635. The molecule has 0 spiro atoms. The van der Waals surface area contributed by atoms with Gasteiger partial charge < -0.3 is 15.4 Å². The third-order valence-corrected chi connectivity index (χ3v) is 4.10. The smallest absolute Gasteiger partial charge is 0.339 e. The number of methoxy groups -OCH3 is 1. The number of benzene rings is 2. The topological polar surface area (TPSA) is 93.2 Å². The molecule has 3 rings (SSSR count). The van der Waals surface area contributed by atoms with E-state index in [0.717, 1.165) is 12.1 Å². The van der Waals surface area contributed by atoms with Gasteiger partial charge in [-0.2, -0.15) is 0 Å². The van der Waals surface area contributed by atoms with Crippen molar-refractivity contribution in [2.24, 2.45) is 0 Å². The highest BCUT2D eigenvalue weighted by Crippen LogP contribution is 2.18. The molecular weight excluding hydrogens is 356 g/mol. The molecule has 0 atom stereocenters. The Bertz CT molecular complexity index is 970. The van der Waals surface area contributed by atoms with Crippen molar-refractivity contribution in [1.82, 2.24) is 9.97 Å². The van der Waals surface area contributed by atoms with Crippen LogP contribution in [0.1, 0.15) is 33.3 Å². The number of para-hydroxylation sites is 1. The van der Waals surface area contributed by atoms with Gasteiger partial charge in [-0.1, -0.05) is 31.2 Å². The number of rotatable bonds is 6. The van der Waals surface area contributed by atoms with E-state index < -0.39 is 11.9 Å². The maximum Gasteiger partial charge on any atom is 0.339 e. The van der Waals surface area contributed by atoms with Crippen LogP contribution in [0.25, 0.3) is 0 Å². The summed E-state index contributed by atoms with van der Waals surface area (Å²) in [5.74, 6) is -0.478. The van der Waals surface area contributed by atoms with E-state index >= 15 is 0 Å². The Morgan fingerprint density at radius 1 is 1.00 bits per heavy atom. The predicted octanol–water partition coefficient (Wildman–Crippen LogP) is 3.82. The lowest BCUT2D eigenvalue weighted by atomic mass is 10.1. The summed E-state index contributed by atoms with van der Waals surface area (Å²) in [6.07, 6.45) is 3.83. The minimum Gasteiger partial charge on any atom is -0.465 e. The van der Waals surface area contributed by atoms with Crippen molar-refractivity contribution >= 4 is 29.1 Å². The molecule has 0 saturated carbocycles. The summed E-state index contributed by atoms with van der Waals surface area (Å²) in [6, 6.07) is 14.6. The molecule has 142 valence electrons. The third kappa shape index (κ3) is 4.50. The molecule has 0 aliphatic heterocycles. The minimum atomic E-state index is -0.532. The first-order valence-corrected chi connectivity index (χ1v) is 8.77. The molecule has 2 N–H and O–H groups in total. The number of nitrogens with zero attached hydrogens (tertiary/aromatic N) is 2. The van der Waals surface area contributed by atoms with Crippen LogP contribution >= 0.6 is 0 Å². The van der Waals surface area contributed by atoms with Gasteiger partial charge in [0.15, 0.2) is 0 Å². The van der Waals surface area contributed by atoms with Crippen LogP contribution in [0.5, 0.6) is 0 Å². The van der Waals surface area contributed by atoms with E-state index in [1.54, 1.807) is 24.3 Å². The van der Waals surface area contributed by atoms with Gasteiger partial charge in [0.1, 0.15) is 11.5 Å². The van der Waals surface area contributed by atoms with Crippen LogP contribution in [-0.2, 0) is 11.2 Å². The van der Waals surface area contributed by atoms with E-state index in [4.69, 9.17) is 4.74 Å². The maximum absolute atomic E-state index is 12.4. The molecule has 1 heterocycles. The molecule has 0 radical (unpaired) electrons. The SMILES string of the molecule is CCc1ccc(Nc2cnc(C(=O)Nc3ccccc3C(=O)OC)cn2)cc1. The van der Waals surface area contributed by atoms with Crippen molar-refractivity contribution in [3.63, 3.8) is 0 Å². The summed E-state index contributed by atoms with van der Waals surface area (Å²) < 4.78 is 4.72.